The topological polar surface area (TPSA) is 135 Å². The zero-order valence-corrected chi connectivity index (χ0v) is 22.0. The molecule has 0 radical (unpaired) electrons. The molecule has 40 heavy (non-hydrogen) atoms. The van der Waals surface area contributed by atoms with Gasteiger partial charge in [0.2, 0.25) is 0 Å². The van der Waals surface area contributed by atoms with E-state index < -0.39 is 5.82 Å². The number of hydrogen-bond acceptors (Lipinski definition) is 7. The highest BCUT2D eigenvalue weighted by molar-refractivity contribution is 6.03. The summed E-state index contributed by atoms with van der Waals surface area (Å²) >= 11 is 0. The van der Waals surface area contributed by atoms with Crippen molar-refractivity contribution in [2.24, 2.45) is 0 Å². The first kappa shape index (κ1) is 28.0. The summed E-state index contributed by atoms with van der Waals surface area (Å²) in [5, 5.41) is 5.49. The lowest BCUT2D eigenvalue weighted by molar-refractivity contribution is 0.102. The van der Waals surface area contributed by atoms with Crippen molar-refractivity contribution >= 4 is 29.1 Å². The first-order chi connectivity index (χ1) is 19.4. The van der Waals surface area contributed by atoms with Crippen LogP contribution in [0.2, 0.25) is 0 Å². The second-order valence-electron chi connectivity index (χ2n) is 8.85. The lowest BCUT2D eigenvalue weighted by atomic mass is 10.2. The molecule has 2 aromatic carbocycles. The predicted molar refractivity (Wildman–Crippen MR) is 151 cm³/mol. The molecule has 0 unspecified atom stereocenters. The van der Waals surface area contributed by atoms with Gasteiger partial charge in [0.25, 0.3) is 5.91 Å². The number of rotatable bonds is 6. The number of benzene rings is 2. The molecule has 4 aromatic rings. The number of hydrogen-bond donors (Lipinski definition) is 3. The Morgan fingerprint density at radius 1 is 0.975 bits per heavy atom. The second-order valence-corrected chi connectivity index (χ2v) is 8.85. The van der Waals surface area contributed by atoms with E-state index in [2.05, 4.69) is 25.6 Å². The van der Waals surface area contributed by atoms with E-state index in [1.807, 2.05) is 37.3 Å². The quantitative estimate of drug-likeness (QED) is 0.273. The molecule has 5 rings (SSSR count). The molecular weight excluding hydrogens is 513 g/mol. The van der Waals surface area contributed by atoms with E-state index in [9.17, 15) is 14.0 Å². The minimum Gasteiger partial charge on any atom is -0.454 e. The van der Waals surface area contributed by atoms with Gasteiger partial charge in [-0.3, -0.25) is 10.1 Å². The summed E-state index contributed by atoms with van der Waals surface area (Å²) in [4.78, 5) is 37.8. The maximum atomic E-state index is 13.8. The first-order valence-electron chi connectivity index (χ1n) is 12.8. The number of likely N-dealkylation sites (tertiary alicyclic amines) is 1. The van der Waals surface area contributed by atoms with Gasteiger partial charge in [0.15, 0.2) is 11.6 Å². The summed E-state index contributed by atoms with van der Waals surface area (Å²) < 4.78 is 19.2. The van der Waals surface area contributed by atoms with Gasteiger partial charge in [-0.15, -0.1) is 0 Å². The molecule has 1 fully saturated rings. The average Bonchev–Trinajstić information content (AvgIpc) is 3.51. The van der Waals surface area contributed by atoms with Crippen molar-refractivity contribution in [1.82, 2.24) is 19.9 Å². The van der Waals surface area contributed by atoms with Crippen LogP contribution >= 0.6 is 0 Å². The number of nitrogens with one attached hydrogen (secondary N) is 2. The molecule has 3 heterocycles. The molecule has 11 heteroatoms. The molecule has 0 bridgehead atoms. The molecule has 1 aliphatic rings. The van der Waals surface area contributed by atoms with Gasteiger partial charge in [-0.25, -0.2) is 24.1 Å². The fourth-order valence-corrected chi connectivity index (χ4v) is 3.76. The number of nitrogen functional groups attached to an aromatic ring is 1. The van der Waals surface area contributed by atoms with Crippen LogP contribution in [0.25, 0.3) is 0 Å². The number of amides is 3. The van der Waals surface area contributed by atoms with Gasteiger partial charge in [-0.1, -0.05) is 25.1 Å². The Morgan fingerprint density at radius 3 is 2.38 bits per heavy atom. The summed E-state index contributed by atoms with van der Waals surface area (Å²) in [5.74, 6) is 0.780. The SMILES string of the molecule is CCc1ncc(C(=O)Nc2ccccc2)cn1.Nc1ccc(Oc2ccnc(NC(=O)N3CCCC3)c2)c(F)c1. The predicted octanol–water partition coefficient (Wildman–Crippen LogP) is 5.51. The molecular formula is C29H30FN7O3. The van der Waals surface area contributed by atoms with Gasteiger partial charge in [0, 0.05) is 61.6 Å². The number of anilines is 3. The van der Waals surface area contributed by atoms with Gasteiger partial charge in [0.05, 0.1) is 5.56 Å². The Labute approximate surface area is 231 Å². The number of aromatic nitrogens is 3. The fraction of sp³-hybridized carbons (Fsp3) is 0.207. The molecule has 0 saturated carbocycles. The molecule has 10 nitrogen and oxygen atoms in total. The van der Waals surface area contributed by atoms with Gasteiger partial charge in [-0.2, -0.15) is 0 Å². The number of para-hydroxylation sites is 1. The molecule has 1 aliphatic heterocycles. The Morgan fingerprint density at radius 2 is 1.70 bits per heavy atom. The maximum Gasteiger partial charge on any atom is 0.323 e. The lowest BCUT2D eigenvalue weighted by Crippen LogP contribution is -2.32. The van der Waals surface area contributed by atoms with Crippen molar-refractivity contribution < 1.29 is 18.7 Å². The number of carbonyl (C=O) groups excluding carboxylic acids is 2. The monoisotopic (exact) mass is 543 g/mol. The summed E-state index contributed by atoms with van der Waals surface area (Å²) in [5.41, 5.74) is 7.05. The Hall–Kier alpha value is -5.06. The van der Waals surface area contributed by atoms with Gasteiger partial charge in [-0.05, 0) is 43.2 Å². The molecule has 206 valence electrons. The third kappa shape index (κ3) is 7.97. The van der Waals surface area contributed by atoms with Crippen molar-refractivity contribution in [1.29, 1.82) is 0 Å². The Bertz CT molecular complexity index is 1430. The van der Waals surface area contributed by atoms with E-state index in [0.29, 0.717) is 22.8 Å². The third-order valence-electron chi connectivity index (χ3n) is 5.86. The van der Waals surface area contributed by atoms with Crippen LogP contribution < -0.4 is 21.1 Å². The largest absolute Gasteiger partial charge is 0.454 e. The molecule has 2 aromatic heterocycles. The van der Waals surface area contributed by atoms with Crippen molar-refractivity contribution in [2.45, 2.75) is 26.2 Å². The highest BCUT2D eigenvalue weighted by Gasteiger charge is 2.18. The van der Waals surface area contributed by atoms with E-state index in [-0.39, 0.29) is 17.7 Å². The zero-order chi connectivity index (χ0) is 28.3. The van der Waals surface area contributed by atoms with E-state index in [4.69, 9.17) is 10.5 Å². The summed E-state index contributed by atoms with van der Waals surface area (Å²) in [6.45, 7) is 3.47. The molecule has 4 N–H and O–H groups in total. The second kappa shape index (κ2) is 13.7. The normalized spacial score (nSPS) is 12.2. The molecule has 0 aliphatic carbocycles. The molecule has 0 atom stereocenters. The van der Waals surface area contributed by atoms with Gasteiger partial charge < -0.3 is 20.7 Å². The van der Waals surface area contributed by atoms with Crippen LogP contribution in [-0.2, 0) is 6.42 Å². The van der Waals surface area contributed by atoms with Crippen molar-refractivity contribution in [2.75, 3.05) is 29.5 Å². The van der Waals surface area contributed by atoms with Crippen molar-refractivity contribution in [3.05, 3.63) is 96.5 Å². The zero-order valence-electron chi connectivity index (χ0n) is 22.0. The summed E-state index contributed by atoms with van der Waals surface area (Å²) in [7, 11) is 0. The van der Waals surface area contributed by atoms with Crippen LogP contribution in [0.1, 0.15) is 35.9 Å². The number of ether oxygens (including phenoxy) is 1. The van der Waals surface area contributed by atoms with Crippen LogP contribution in [0.15, 0.2) is 79.3 Å². The third-order valence-corrected chi connectivity index (χ3v) is 5.86. The number of pyridine rings is 1. The Kier molecular flexibility index (Phi) is 9.54. The Balaban J connectivity index is 0.000000194. The van der Waals surface area contributed by atoms with Crippen molar-refractivity contribution in [3.8, 4) is 11.5 Å². The number of halogens is 1. The number of carbonyl (C=O) groups is 2. The minimum atomic E-state index is -0.551. The van der Waals surface area contributed by atoms with Crippen LogP contribution in [0.3, 0.4) is 0 Å². The van der Waals surface area contributed by atoms with Crippen LogP contribution in [0.4, 0.5) is 26.4 Å². The lowest BCUT2D eigenvalue weighted by Gasteiger charge is -2.16. The first-order valence-corrected chi connectivity index (χ1v) is 12.8. The fourth-order valence-electron chi connectivity index (χ4n) is 3.76. The number of aryl methyl sites for hydroxylation is 1. The molecule has 3 amide bonds. The van der Waals surface area contributed by atoms with Crippen molar-refractivity contribution in [3.63, 3.8) is 0 Å². The summed E-state index contributed by atoms with van der Waals surface area (Å²) in [6, 6.07) is 16.4. The average molecular weight is 544 g/mol. The summed E-state index contributed by atoms with van der Waals surface area (Å²) in [6.07, 6.45) is 7.37. The smallest absolute Gasteiger partial charge is 0.323 e. The number of urea groups is 1. The number of nitrogens with two attached hydrogens (primary N) is 1. The maximum absolute atomic E-state index is 13.8. The van der Waals surface area contributed by atoms with E-state index in [1.165, 1.54) is 18.3 Å². The van der Waals surface area contributed by atoms with Gasteiger partial charge >= 0.3 is 6.03 Å². The highest BCUT2D eigenvalue weighted by atomic mass is 19.1. The molecule has 1 saturated heterocycles. The van der Waals surface area contributed by atoms with E-state index in [0.717, 1.165) is 43.9 Å². The van der Waals surface area contributed by atoms with Crippen LogP contribution in [-0.4, -0.2) is 44.9 Å². The number of nitrogens with zero attached hydrogens (tertiary/aromatic N) is 4. The van der Waals surface area contributed by atoms with Crippen LogP contribution in [0, 0.1) is 5.82 Å². The minimum absolute atomic E-state index is 0.0576. The van der Waals surface area contributed by atoms with Gasteiger partial charge in [0.1, 0.15) is 17.4 Å². The van der Waals surface area contributed by atoms with Crippen LogP contribution in [0.5, 0.6) is 11.5 Å². The highest BCUT2D eigenvalue weighted by Crippen LogP contribution is 2.27. The standard InChI is InChI=1S/C16H17FN4O2.C13H13N3O/c17-13-9-11(18)3-4-14(13)23-12-5-6-19-15(10-12)20-16(22)21-7-1-2-8-21;1-2-12-14-8-10(9-15-12)13(17)16-11-6-4-3-5-7-11/h3-6,9-10H,1-2,7-8,18H2,(H,19,20,22);3-9H,2H2,1H3,(H,16,17). The van der Waals surface area contributed by atoms with E-state index >= 15 is 0 Å². The van der Waals surface area contributed by atoms with E-state index in [1.54, 1.807) is 35.5 Å². The molecule has 0 spiro atoms.